The third-order valence-electron chi connectivity index (χ3n) is 7.38. The molecule has 3 aromatic heterocycles. The molecule has 2 aliphatic rings. The first-order valence-electron chi connectivity index (χ1n) is 12.9. The van der Waals surface area contributed by atoms with Crippen molar-refractivity contribution in [1.82, 2.24) is 14.9 Å². The Labute approximate surface area is 218 Å². The molecule has 2 fully saturated rings. The van der Waals surface area contributed by atoms with E-state index in [2.05, 4.69) is 40.9 Å². The molecule has 1 amide bonds. The van der Waals surface area contributed by atoms with Gasteiger partial charge in [0.25, 0.3) is 0 Å². The number of aromatic nitrogens is 2. The Balaban J connectivity index is 0.00000320. The maximum Gasteiger partial charge on any atom is 0.410 e. The minimum absolute atomic E-state index is 0. The Morgan fingerprint density at radius 1 is 1.31 bits per heavy atom. The van der Waals surface area contributed by atoms with Gasteiger partial charge in [0.15, 0.2) is 5.82 Å². The number of hydrogen-bond donors (Lipinski definition) is 2. The lowest BCUT2D eigenvalue weighted by Gasteiger charge is -2.39. The van der Waals surface area contributed by atoms with E-state index in [0.29, 0.717) is 17.7 Å². The molecule has 0 saturated carbocycles. The Hall–Kier alpha value is -2.87. The fraction of sp³-hybridized carbons (Fsp3) is 0.536. The van der Waals surface area contributed by atoms with E-state index in [4.69, 9.17) is 10.5 Å². The third kappa shape index (κ3) is 4.51. The summed E-state index contributed by atoms with van der Waals surface area (Å²) in [6.07, 6.45) is 7.17. The number of hydrogen-bond acceptors (Lipinski definition) is 5. The maximum atomic E-state index is 12.9. The first-order valence-corrected chi connectivity index (χ1v) is 13.7. The van der Waals surface area contributed by atoms with Crippen molar-refractivity contribution in [2.75, 3.05) is 0 Å². The molecule has 2 saturated heterocycles. The number of aryl methyl sites for hydroxylation is 1. The summed E-state index contributed by atoms with van der Waals surface area (Å²) < 4.78 is 7.06. The van der Waals surface area contributed by atoms with E-state index in [0.717, 1.165) is 42.5 Å². The second-order valence-electron chi connectivity index (χ2n) is 11.5. The molecule has 8 heteroatoms. The number of thiophene rings is 1. The van der Waals surface area contributed by atoms with Crippen molar-refractivity contribution in [3.63, 3.8) is 0 Å². The van der Waals surface area contributed by atoms with Crippen LogP contribution in [-0.4, -0.2) is 45.0 Å². The maximum absolute atomic E-state index is 12.9. The monoisotopic (exact) mass is 509 g/mol. The van der Waals surface area contributed by atoms with Crippen LogP contribution in [0.2, 0.25) is 0 Å². The number of rotatable bonds is 4. The molecule has 0 spiro atoms. The Kier molecular flexibility index (Phi) is 6.35. The van der Waals surface area contributed by atoms with E-state index >= 15 is 0 Å². The van der Waals surface area contributed by atoms with Gasteiger partial charge in [0.05, 0.1) is 22.2 Å². The zero-order chi connectivity index (χ0) is 25.8. The second-order valence-corrected chi connectivity index (χ2v) is 12.6. The minimum Gasteiger partial charge on any atom is -0.444 e. The van der Waals surface area contributed by atoms with Crippen molar-refractivity contribution in [1.29, 1.82) is 0 Å². The first-order chi connectivity index (χ1) is 17.1. The van der Waals surface area contributed by atoms with Crippen molar-refractivity contribution in [3.05, 3.63) is 34.3 Å². The summed E-state index contributed by atoms with van der Waals surface area (Å²) in [5.41, 5.74) is 10.7. The number of ether oxygens (including phenoxy) is 1. The third-order valence-corrected chi connectivity index (χ3v) is 8.71. The number of fused-ring (bicyclic) bond motifs is 3. The zero-order valence-corrected chi connectivity index (χ0v) is 22.9. The fourth-order valence-corrected chi connectivity index (χ4v) is 7.37. The van der Waals surface area contributed by atoms with Crippen LogP contribution in [0.5, 0.6) is 0 Å². The molecule has 2 bridgehead atoms. The lowest BCUT2D eigenvalue weighted by Crippen LogP contribution is -2.48. The van der Waals surface area contributed by atoms with Gasteiger partial charge in [-0.1, -0.05) is 13.8 Å². The lowest BCUT2D eigenvalue weighted by molar-refractivity contribution is 0.00596. The summed E-state index contributed by atoms with van der Waals surface area (Å²) in [4.78, 5) is 28.7. The zero-order valence-electron chi connectivity index (χ0n) is 22.1. The van der Waals surface area contributed by atoms with Crippen LogP contribution in [0.3, 0.4) is 0 Å². The van der Waals surface area contributed by atoms with Crippen LogP contribution in [0.1, 0.15) is 89.6 Å². The van der Waals surface area contributed by atoms with Crippen LogP contribution in [0.15, 0.2) is 23.3 Å². The van der Waals surface area contributed by atoms with Crippen molar-refractivity contribution >= 4 is 39.8 Å². The summed E-state index contributed by atoms with van der Waals surface area (Å²) in [6, 6.07) is 5.01. The number of nitrogens with zero attached hydrogens (tertiary/aromatic N) is 3. The van der Waals surface area contributed by atoms with E-state index in [-0.39, 0.29) is 19.6 Å². The number of amides is 1. The van der Waals surface area contributed by atoms with Gasteiger partial charge in [0.1, 0.15) is 5.60 Å². The summed E-state index contributed by atoms with van der Waals surface area (Å²) >= 11 is 1.91. The van der Waals surface area contributed by atoms with E-state index in [9.17, 15) is 4.79 Å². The quantitative estimate of drug-likeness (QED) is 0.286. The number of piperidine rings is 1. The molecule has 3 atom stereocenters. The van der Waals surface area contributed by atoms with Crippen molar-refractivity contribution in [2.45, 2.75) is 96.7 Å². The number of carbonyl (C=O) groups is 1. The van der Waals surface area contributed by atoms with Crippen LogP contribution < -0.4 is 5.73 Å². The first kappa shape index (κ1) is 24.8. The van der Waals surface area contributed by atoms with E-state index in [1.807, 2.05) is 50.1 Å². The van der Waals surface area contributed by atoms with Gasteiger partial charge in [0.2, 0.25) is 0 Å². The van der Waals surface area contributed by atoms with Crippen LogP contribution in [0.4, 0.5) is 10.6 Å². The van der Waals surface area contributed by atoms with Crippen LogP contribution in [0.25, 0.3) is 21.5 Å². The van der Waals surface area contributed by atoms with Gasteiger partial charge in [-0.15, -0.1) is 11.3 Å². The van der Waals surface area contributed by atoms with Gasteiger partial charge in [-0.25, -0.2) is 14.8 Å². The second kappa shape index (κ2) is 9.21. The highest BCUT2D eigenvalue weighted by molar-refractivity contribution is 7.19. The van der Waals surface area contributed by atoms with E-state index < -0.39 is 5.60 Å². The average molecular weight is 510 g/mol. The molecule has 5 heterocycles. The van der Waals surface area contributed by atoms with Gasteiger partial charge in [0, 0.05) is 30.1 Å². The Morgan fingerprint density at radius 3 is 2.58 bits per heavy atom. The summed E-state index contributed by atoms with van der Waals surface area (Å²) in [7, 11) is 0. The van der Waals surface area contributed by atoms with Gasteiger partial charge in [-0.05, 0) is 88.5 Å². The summed E-state index contributed by atoms with van der Waals surface area (Å²) in [5, 5.41) is 0. The standard InChI is InChI=1S/C28H37N5O2S.H2/c1-15(2)23-24(18-9-16(3)26(30-13-18)31-14-29)32-21-12-22(36-25(21)23)17-10-19-7-8-20(11-17)33(19)27(34)35-28(4,5)6;/h9,12-15,17,19-20,32H,7-8,10-11H2,1-6H3,(H2,29,30,31);1H/t17?,19-,20+;. The lowest BCUT2D eigenvalue weighted by atomic mass is 9.89. The predicted molar refractivity (Wildman–Crippen MR) is 150 cm³/mol. The van der Waals surface area contributed by atoms with Crippen molar-refractivity contribution in [3.8, 4) is 11.3 Å². The molecule has 7 nitrogen and oxygen atoms in total. The minimum atomic E-state index is -0.461. The molecular formula is C28H39N5O2S. The molecule has 1 unspecified atom stereocenters. The van der Waals surface area contributed by atoms with E-state index in [1.54, 1.807) is 0 Å². The number of H-pyrrole nitrogens is 1. The van der Waals surface area contributed by atoms with Crippen LogP contribution >= 0.6 is 11.3 Å². The molecule has 3 aromatic rings. The number of pyridine rings is 1. The van der Waals surface area contributed by atoms with Gasteiger partial charge in [-0.2, -0.15) is 0 Å². The molecule has 3 N–H and O–H groups in total. The molecule has 0 radical (unpaired) electrons. The molecule has 194 valence electrons. The van der Waals surface area contributed by atoms with Gasteiger partial charge < -0.3 is 20.4 Å². The highest BCUT2D eigenvalue weighted by Gasteiger charge is 2.45. The van der Waals surface area contributed by atoms with Crippen molar-refractivity contribution in [2.24, 2.45) is 10.7 Å². The number of nitrogens with one attached hydrogen (secondary N) is 1. The highest BCUT2D eigenvalue weighted by atomic mass is 32.1. The molecule has 2 aliphatic heterocycles. The number of nitrogens with two attached hydrogens (primary N) is 1. The van der Waals surface area contributed by atoms with Gasteiger partial charge in [-0.3, -0.25) is 0 Å². The summed E-state index contributed by atoms with van der Waals surface area (Å²) in [5.74, 6) is 1.50. The van der Waals surface area contributed by atoms with Gasteiger partial charge >= 0.3 is 6.09 Å². The summed E-state index contributed by atoms with van der Waals surface area (Å²) in [6.45, 7) is 12.3. The van der Waals surface area contributed by atoms with E-state index in [1.165, 1.54) is 27.0 Å². The SMILES string of the molecule is Cc1cc(-c2[nH]c3cc(C4C[C@H]5CC[C@@H](C4)N5C(=O)OC(C)(C)C)sc3c2C(C)C)cnc1N=CN.[HH]. The molecule has 0 aliphatic carbocycles. The normalized spacial score (nSPS) is 22.3. The predicted octanol–water partition coefficient (Wildman–Crippen LogP) is 7.23. The number of aliphatic imine (C=N–C) groups is 1. The molecular weight excluding hydrogens is 470 g/mol. The Morgan fingerprint density at radius 2 is 2.00 bits per heavy atom. The largest absolute Gasteiger partial charge is 0.444 e. The fourth-order valence-electron chi connectivity index (χ4n) is 5.93. The number of aromatic amines is 1. The molecule has 0 aromatic carbocycles. The average Bonchev–Trinajstić information content (AvgIpc) is 3.43. The molecule has 36 heavy (non-hydrogen) atoms. The smallest absolute Gasteiger partial charge is 0.410 e. The van der Waals surface area contributed by atoms with Crippen LogP contribution in [0, 0.1) is 6.92 Å². The molecule has 5 rings (SSSR count). The number of carbonyl (C=O) groups excluding carboxylic acids is 1. The Bertz CT molecular complexity index is 1310. The highest BCUT2D eigenvalue weighted by Crippen LogP contribution is 2.48. The van der Waals surface area contributed by atoms with Crippen molar-refractivity contribution < 1.29 is 11.0 Å². The van der Waals surface area contributed by atoms with Crippen LogP contribution in [-0.2, 0) is 4.74 Å². The topological polar surface area (TPSA) is 96.6 Å².